The molecule has 0 aliphatic carbocycles. The number of hydrogen-bond acceptors (Lipinski definition) is 3. The summed E-state index contributed by atoms with van der Waals surface area (Å²) in [5, 5.41) is 9.62. The van der Waals surface area contributed by atoms with Crippen molar-refractivity contribution < 1.29 is 0 Å². The normalized spacial score (nSPS) is 13.9. The Bertz CT molecular complexity index is 703. The van der Waals surface area contributed by atoms with Crippen LogP contribution in [0.1, 0.15) is 56.3 Å². The van der Waals surface area contributed by atoms with Crippen LogP contribution in [0.4, 0.5) is 11.5 Å². The molecule has 0 unspecified atom stereocenters. The Morgan fingerprint density at radius 2 is 2.00 bits per heavy atom. The van der Waals surface area contributed by atoms with E-state index in [1.807, 2.05) is 4.68 Å². The van der Waals surface area contributed by atoms with Crippen molar-refractivity contribution >= 4 is 23.1 Å². The van der Waals surface area contributed by atoms with Crippen LogP contribution < -0.4 is 4.90 Å². The fraction of sp³-hybridized carbons (Fsp3) is 0.556. The van der Waals surface area contributed by atoms with E-state index in [-0.39, 0.29) is 0 Å². The SMILES string of the molecule is CCc1cc2c(c(Cl)c1C)N(c1cn(C(CC)CC)nn1)CC2. The molecule has 0 bridgehead atoms. The number of fused-ring (bicyclic) bond motifs is 1. The summed E-state index contributed by atoms with van der Waals surface area (Å²) in [6.45, 7) is 9.58. The summed E-state index contributed by atoms with van der Waals surface area (Å²) in [5.41, 5.74) is 4.98. The maximum atomic E-state index is 6.69. The summed E-state index contributed by atoms with van der Waals surface area (Å²) >= 11 is 6.69. The van der Waals surface area contributed by atoms with Crippen LogP contribution >= 0.6 is 11.6 Å². The topological polar surface area (TPSA) is 34.0 Å². The van der Waals surface area contributed by atoms with Gasteiger partial charge in [-0.2, -0.15) is 0 Å². The molecule has 1 aromatic carbocycles. The average Bonchev–Trinajstić information content (AvgIpc) is 3.18. The second kappa shape index (κ2) is 6.52. The van der Waals surface area contributed by atoms with Gasteiger partial charge < -0.3 is 4.90 Å². The van der Waals surface area contributed by atoms with E-state index in [9.17, 15) is 0 Å². The van der Waals surface area contributed by atoms with E-state index in [0.29, 0.717) is 6.04 Å². The van der Waals surface area contributed by atoms with Gasteiger partial charge in [0.05, 0.1) is 22.9 Å². The highest BCUT2D eigenvalue weighted by Crippen LogP contribution is 2.42. The molecule has 0 saturated heterocycles. The molecule has 2 heterocycles. The Hall–Kier alpha value is -1.55. The molecule has 0 saturated carbocycles. The molecule has 124 valence electrons. The molecule has 5 heteroatoms. The van der Waals surface area contributed by atoms with Gasteiger partial charge in [-0.1, -0.05) is 43.7 Å². The number of rotatable bonds is 5. The van der Waals surface area contributed by atoms with Crippen molar-refractivity contribution in [1.82, 2.24) is 15.0 Å². The zero-order valence-corrected chi connectivity index (χ0v) is 15.2. The number of nitrogens with zero attached hydrogens (tertiary/aromatic N) is 4. The smallest absolute Gasteiger partial charge is 0.175 e. The Balaban J connectivity index is 1.98. The summed E-state index contributed by atoms with van der Waals surface area (Å²) < 4.78 is 1.99. The van der Waals surface area contributed by atoms with Crippen molar-refractivity contribution in [3.8, 4) is 0 Å². The van der Waals surface area contributed by atoms with Gasteiger partial charge in [0.2, 0.25) is 0 Å². The van der Waals surface area contributed by atoms with Crippen molar-refractivity contribution in [2.75, 3.05) is 11.4 Å². The Labute approximate surface area is 143 Å². The standard InChI is InChI=1S/C18H25ClN4/c1-5-13-10-14-8-9-22(18(14)17(19)12(13)4)16-11-23(21-20-16)15(6-2)7-3/h10-11,15H,5-9H2,1-4H3. The van der Waals surface area contributed by atoms with Crippen molar-refractivity contribution in [3.63, 3.8) is 0 Å². The number of benzene rings is 1. The van der Waals surface area contributed by atoms with Gasteiger partial charge in [0.15, 0.2) is 5.82 Å². The summed E-state index contributed by atoms with van der Waals surface area (Å²) in [6.07, 6.45) is 6.22. The first kappa shape index (κ1) is 16.3. The summed E-state index contributed by atoms with van der Waals surface area (Å²) in [7, 11) is 0. The van der Waals surface area contributed by atoms with Crippen LogP contribution in [0.5, 0.6) is 0 Å². The van der Waals surface area contributed by atoms with Crippen LogP contribution in [0.25, 0.3) is 0 Å². The van der Waals surface area contributed by atoms with E-state index in [0.717, 1.165) is 48.8 Å². The maximum Gasteiger partial charge on any atom is 0.175 e. The number of anilines is 2. The lowest BCUT2D eigenvalue weighted by atomic mass is 10.0. The molecular weight excluding hydrogens is 308 g/mol. The van der Waals surface area contributed by atoms with E-state index >= 15 is 0 Å². The molecule has 0 radical (unpaired) electrons. The highest BCUT2D eigenvalue weighted by molar-refractivity contribution is 6.34. The van der Waals surface area contributed by atoms with Gasteiger partial charge in [-0.15, -0.1) is 5.10 Å². The van der Waals surface area contributed by atoms with Gasteiger partial charge in [-0.05, 0) is 49.3 Å². The Morgan fingerprint density at radius 1 is 1.26 bits per heavy atom. The van der Waals surface area contributed by atoms with Gasteiger partial charge in [0.1, 0.15) is 0 Å². The van der Waals surface area contributed by atoms with Crippen LogP contribution in [0, 0.1) is 6.92 Å². The molecule has 2 aromatic rings. The van der Waals surface area contributed by atoms with Gasteiger partial charge >= 0.3 is 0 Å². The van der Waals surface area contributed by atoms with Gasteiger partial charge in [0, 0.05) is 6.54 Å². The van der Waals surface area contributed by atoms with Gasteiger partial charge in [-0.3, -0.25) is 0 Å². The van der Waals surface area contributed by atoms with Crippen molar-refractivity contribution in [1.29, 1.82) is 0 Å². The highest BCUT2D eigenvalue weighted by Gasteiger charge is 2.27. The molecule has 1 aliphatic rings. The Kier molecular flexibility index (Phi) is 4.62. The number of aromatic nitrogens is 3. The van der Waals surface area contributed by atoms with Crippen LogP contribution in [0.15, 0.2) is 12.3 Å². The predicted molar refractivity (Wildman–Crippen MR) is 95.9 cm³/mol. The van der Waals surface area contributed by atoms with Gasteiger partial charge in [-0.25, -0.2) is 4.68 Å². The third-order valence-corrected chi connectivity index (χ3v) is 5.48. The minimum Gasteiger partial charge on any atom is -0.322 e. The van der Waals surface area contributed by atoms with E-state index in [4.69, 9.17) is 11.6 Å². The second-order valence-corrected chi connectivity index (χ2v) is 6.64. The van der Waals surface area contributed by atoms with Crippen molar-refractivity contribution in [3.05, 3.63) is 34.0 Å². The molecule has 0 amide bonds. The molecular formula is C18H25ClN4. The Morgan fingerprint density at radius 3 is 2.65 bits per heavy atom. The molecule has 1 aromatic heterocycles. The molecule has 0 atom stereocenters. The average molecular weight is 333 g/mol. The third-order valence-electron chi connectivity index (χ3n) is 5.02. The molecule has 0 fully saturated rings. The molecule has 3 rings (SSSR count). The minimum atomic E-state index is 0.415. The predicted octanol–water partition coefficient (Wildman–Crippen LogP) is 4.86. The van der Waals surface area contributed by atoms with E-state index in [1.54, 1.807) is 0 Å². The van der Waals surface area contributed by atoms with E-state index in [2.05, 4.69) is 55.2 Å². The lowest BCUT2D eigenvalue weighted by molar-refractivity contribution is 0.418. The van der Waals surface area contributed by atoms with Gasteiger partial charge in [0.25, 0.3) is 0 Å². The molecule has 0 spiro atoms. The van der Waals surface area contributed by atoms with E-state index < -0.39 is 0 Å². The first-order valence-corrected chi connectivity index (χ1v) is 8.98. The molecule has 0 N–H and O–H groups in total. The summed E-state index contributed by atoms with van der Waals surface area (Å²) in [6, 6.07) is 2.72. The van der Waals surface area contributed by atoms with Crippen LogP contribution in [-0.4, -0.2) is 21.5 Å². The first-order chi connectivity index (χ1) is 11.1. The van der Waals surface area contributed by atoms with E-state index in [1.165, 1.54) is 16.7 Å². The quantitative estimate of drug-likeness (QED) is 0.784. The number of aryl methyl sites for hydroxylation is 1. The second-order valence-electron chi connectivity index (χ2n) is 6.26. The lowest BCUT2D eigenvalue weighted by Crippen LogP contribution is -2.14. The van der Waals surface area contributed by atoms with Crippen LogP contribution in [-0.2, 0) is 12.8 Å². The molecule has 1 aliphatic heterocycles. The summed E-state index contributed by atoms with van der Waals surface area (Å²) in [4.78, 5) is 2.22. The monoisotopic (exact) mass is 332 g/mol. The fourth-order valence-electron chi connectivity index (χ4n) is 3.50. The highest BCUT2D eigenvalue weighted by atomic mass is 35.5. The van der Waals surface area contributed by atoms with Crippen molar-refractivity contribution in [2.45, 2.75) is 59.4 Å². The maximum absolute atomic E-state index is 6.69. The molecule has 4 nitrogen and oxygen atoms in total. The fourth-order valence-corrected chi connectivity index (χ4v) is 3.85. The summed E-state index contributed by atoms with van der Waals surface area (Å²) in [5.74, 6) is 0.904. The largest absolute Gasteiger partial charge is 0.322 e. The zero-order chi connectivity index (χ0) is 16.6. The van der Waals surface area contributed by atoms with Crippen molar-refractivity contribution in [2.24, 2.45) is 0 Å². The minimum absolute atomic E-state index is 0.415. The number of hydrogen-bond donors (Lipinski definition) is 0. The molecule has 23 heavy (non-hydrogen) atoms. The zero-order valence-electron chi connectivity index (χ0n) is 14.4. The number of halogens is 1. The third kappa shape index (κ3) is 2.74. The lowest BCUT2D eigenvalue weighted by Gasteiger charge is -2.19. The van der Waals surface area contributed by atoms with Crippen LogP contribution in [0.3, 0.4) is 0 Å². The van der Waals surface area contributed by atoms with Crippen LogP contribution in [0.2, 0.25) is 5.02 Å². The first-order valence-electron chi connectivity index (χ1n) is 8.60.